The minimum atomic E-state index is 0.641. The smallest absolute Gasteiger partial charge is 0.0707 e. The van der Waals surface area contributed by atoms with Crippen molar-refractivity contribution in [1.29, 1.82) is 0 Å². The molecular weight excluding hydrogens is 150 g/mol. The van der Waals surface area contributed by atoms with Gasteiger partial charge in [0.2, 0.25) is 0 Å². The van der Waals surface area contributed by atoms with Crippen LogP contribution in [0.2, 0.25) is 0 Å². The first-order valence-corrected chi connectivity index (χ1v) is 5.05. The monoisotopic (exact) mass is 171 g/mol. The molecule has 0 heterocycles. The highest BCUT2D eigenvalue weighted by atomic mass is 16.6. The summed E-state index contributed by atoms with van der Waals surface area (Å²) >= 11 is 0. The lowest BCUT2D eigenvalue weighted by Crippen LogP contribution is -2.23. The minimum absolute atomic E-state index is 0.641. The van der Waals surface area contributed by atoms with Crippen molar-refractivity contribution in [3.8, 4) is 0 Å². The maximum atomic E-state index is 5.06. The van der Waals surface area contributed by atoms with Gasteiger partial charge in [0, 0.05) is 0 Å². The summed E-state index contributed by atoms with van der Waals surface area (Å²) in [6.07, 6.45) is 5.51. The molecule has 0 radical (unpaired) electrons. The van der Waals surface area contributed by atoms with Crippen LogP contribution in [0.3, 0.4) is 0 Å². The van der Waals surface area contributed by atoms with Gasteiger partial charge in [-0.25, -0.2) is 5.90 Å². The Kier molecular flexibility index (Phi) is 4.02. The first-order valence-electron chi connectivity index (χ1n) is 5.05. The summed E-state index contributed by atoms with van der Waals surface area (Å²) in [5, 5.41) is 0. The Morgan fingerprint density at radius 1 is 1.33 bits per heavy atom. The molecule has 0 amide bonds. The molecule has 1 aliphatic rings. The van der Waals surface area contributed by atoms with E-state index in [2.05, 4.69) is 18.7 Å². The first kappa shape index (κ1) is 10.0. The fraction of sp³-hybridized carbons (Fsp3) is 1.00. The molecule has 2 nitrogen and oxygen atoms in total. The van der Waals surface area contributed by atoms with Gasteiger partial charge in [-0.2, -0.15) is 0 Å². The molecule has 0 saturated heterocycles. The fourth-order valence-electron chi connectivity index (χ4n) is 2.14. The summed E-state index contributed by atoms with van der Waals surface area (Å²) in [5.41, 5.74) is 0. The lowest BCUT2D eigenvalue weighted by Gasteiger charge is -2.30. The maximum absolute atomic E-state index is 5.06. The van der Waals surface area contributed by atoms with E-state index in [1.807, 2.05) is 0 Å². The number of hydrogen-bond donors (Lipinski definition) is 1. The summed E-state index contributed by atoms with van der Waals surface area (Å²) in [7, 11) is 0. The van der Waals surface area contributed by atoms with Crippen LogP contribution in [0.25, 0.3) is 0 Å². The molecule has 2 heteroatoms. The molecule has 72 valence electrons. The van der Waals surface area contributed by atoms with E-state index < -0.39 is 0 Å². The molecule has 0 bridgehead atoms. The zero-order chi connectivity index (χ0) is 8.97. The number of rotatable bonds is 3. The predicted octanol–water partition coefficient (Wildman–Crippen LogP) is 2.34. The molecule has 1 aliphatic carbocycles. The van der Waals surface area contributed by atoms with Gasteiger partial charge in [0.1, 0.15) is 0 Å². The number of nitrogens with two attached hydrogens (primary N) is 1. The van der Waals surface area contributed by atoms with Crippen LogP contribution in [0.5, 0.6) is 0 Å². The lowest BCUT2D eigenvalue weighted by molar-refractivity contribution is 0.0709. The van der Waals surface area contributed by atoms with Gasteiger partial charge in [-0.05, 0) is 30.6 Å². The summed E-state index contributed by atoms with van der Waals surface area (Å²) in [5.74, 6) is 7.49. The topological polar surface area (TPSA) is 35.2 Å². The van der Waals surface area contributed by atoms with Crippen LogP contribution in [0.15, 0.2) is 0 Å². The third-order valence-corrected chi connectivity index (χ3v) is 3.22. The second-order valence-electron chi connectivity index (χ2n) is 4.33. The van der Waals surface area contributed by atoms with Crippen LogP contribution in [0.4, 0.5) is 0 Å². The normalized spacial score (nSPS) is 33.2. The van der Waals surface area contributed by atoms with Crippen LogP contribution < -0.4 is 5.90 Å². The number of hydrogen-bond acceptors (Lipinski definition) is 2. The van der Waals surface area contributed by atoms with Crippen molar-refractivity contribution in [2.45, 2.75) is 39.5 Å². The van der Waals surface area contributed by atoms with Gasteiger partial charge in [-0.3, -0.25) is 0 Å². The Morgan fingerprint density at radius 3 is 2.42 bits per heavy atom. The van der Waals surface area contributed by atoms with E-state index in [0.29, 0.717) is 5.92 Å². The van der Waals surface area contributed by atoms with Crippen molar-refractivity contribution in [3.63, 3.8) is 0 Å². The molecule has 1 rings (SSSR count). The average Bonchev–Trinajstić information content (AvgIpc) is 2.06. The zero-order valence-corrected chi connectivity index (χ0v) is 8.25. The van der Waals surface area contributed by atoms with Crippen LogP contribution in [-0.2, 0) is 4.84 Å². The lowest BCUT2D eigenvalue weighted by atomic mass is 9.77. The summed E-state index contributed by atoms with van der Waals surface area (Å²) in [6.45, 7) is 5.31. The van der Waals surface area contributed by atoms with E-state index in [1.54, 1.807) is 0 Å². The molecule has 1 saturated carbocycles. The molecule has 0 aromatic heterocycles. The Bertz CT molecular complexity index is 119. The van der Waals surface area contributed by atoms with Gasteiger partial charge < -0.3 is 4.84 Å². The molecule has 0 aromatic rings. The van der Waals surface area contributed by atoms with Gasteiger partial charge in [0.05, 0.1) is 6.61 Å². The van der Waals surface area contributed by atoms with E-state index in [-0.39, 0.29) is 0 Å². The van der Waals surface area contributed by atoms with Gasteiger partial charge in [-0.1, -0.05) is 26.7 Å². The standard InChI is InChI=1S/C10H21NO/c1-8-3-5-10(6-4-8)9(2)7-12-11/h8-10H,3-7,11H2,1-2H3. The minimum Gasteiger partial charge on any atom is -0.304 e. The third-order valence-electron chi connectivity index (χ3n) is 3.22. The Morgan fingerprint density at radius 2 is 1.92 bits per heavy atom. The van der Waals surface area contributed by atoms with Crippen molar-refractivity contribution in [2.24, 2.45) is 23.7 Å². The molecule has 0 spiro atoms. The third kappa shape index (κ3) is 2.76. The van der Waals surface area contributed by atoms with Crippen molar-refractivity contribution >= 4 is 0 Å². The second kappa shape index (κ2) is 4.83. The second-order valence-corrected chi connectivity index (χ2v) is 4.33. The van der Waals surface area contributed by atoms with Gasteiger partial charge in [-0.15, -0.1) is 0 Å². The van der Waals surface area contributed by atoms with Gasteiger partial charge in [0.15, 0.2) is 0 Å². The summed E-state index contributed by atoms with van der Waals surface area (Å²) in [6, 6.07) is 0. The van der Waals surface area contributed by atoms with E-state index in [4.69, 9.17) is 5.90 Å². The van der Waals surface area contributed by atoms with Crippen LogP contribution >= 0.6 is 0 Å². The highest BCUT2D eigenvalue weighted by molar-refractivity contribution is 4.73. The highest BCUT2D eigenvalue weighted by Crippen LogP contribution is 2.32. The predicted molar refractivity (Wildman–Crippen MR) is 50.4 cm³/mol. The molecule has 2 N–H and O–H groups in total. The Hall–Kier alpha value is -0.0800. The molecule has 0 aromatic carbocycles. The maximum Gasteiger partial charge on any atom is 0.0707 e. The molecular formula is C10H21NO. The summed E-state index contributed by atoms with van der Waals surface area (Å²) < 4.78 is 0. The fourth-order valence-corrected chi connectivity index (χ4v) is 2.14. The Balaban J connectivity index is 2.24. The largest absolute Gasteiger partial charge is 0.304 e. The van der Waals surface area contributed by atoms with E-state index in [0.717, 1.165) is 18.4 Å². The highest BCUT2D eigenvalue weighted by Gasteiger charge is 2.22. The molecule has 0 aliphatic heterocycles. The SMILES string of the molecule is CC1CCC(C(C)CON)CC1. The van der Waals surface area contributed by atoms with Gasteiger partial charge >= 0.3 is 0 Å². The summed E-state index contributed by atoms with van der Waals surface area (Å²) in [4.78, 5) is 4.68. The van der Waals surface area contributed by atoms with Crippen molar-refractivity contribution < 1.29 is 4.84 Å². The van der Waals surface area contributed by atoms with Crippen molar-refractivity contribution in [3.05, 3.63) is 0 Å². The van der Waals surface area contributed by atoms with Crippen LogP contribution in [0.1, 0.15) is 39.5 Å². The van der Waals surface area contributed by atoms with E-state index in [1.165, 1.54) is 25.7 Å². The molecule has 1 fully saturated rings. The van der Waals surface area contributed by atoms with Crippen LogP contribution in [-0.4, -0.2) is 6.61 Å². The zero-order valence-electron chi connectivity index (χ0n) is 8.25. The van der Waals surface area contributed by atoms with E-state index >= 15 is 0 Å². The quantitative estimate of drug-likeness (QED) is 0.661. The Labute approximate surface area is 75.4 Å². The molecule has 12 heavy (non-hydrogen) atoms. The average molecular weight is 171 g/mol. The molecule has 1 unspecified atom stereocenters. The van der Waals surface area contributed by atoms with Crippen molar-refractivity contribution in [2.75, 3.05) is 6.61 Å². The molecule has 1 atom stereocenters. The van der Waals surface area contributed by atoms with Crippen LogP contribution in [0, 0.1) is 17.8 Å². The van der Waals surface area contributed by atoms with E-state index in [9.17, 15) is 0 Å². The first-order chi connectivity index (χ1) is 5.74. The van der Waals surface area contributed by atoms with Gasteiger partial charge in [0.25, 0.3) is 0 Å². The van der Waals surface area contributed by atoms with Crippen molar-refractivity contribution in [1.82, 2.24) is 0 Å².